The van der Waals surface area contributed by atoms with Crippen molar-refractivity contribution < 1.29 is 24.5 Å². The maximum atomic E-state index is 11.5. The molecule has 26 heteroatoms. The van der Waals surface area contributed by atoms with Crippen molar-refractivity contribution in [1.29, 1.82) is 26.3 Å². The van der Waals surface area contributed by atoms with Crippen LogP contribution in [-0.4, -0.2) is 80.2 Å². The summed E-state index contributed by atoms with van der Waals surface area (Å²) in [6.45, 7) is 0. The van der Waals surface area contributed by atoms with E-state index in [2.05, 4.69) is 54.6 Å². The van der Waals surface area contributed by atoms with Crippen LogP contribution in [0.4, 0.5) is 0 Å². The highest BCUT2D eigenvalue weighted by Crippen LogP contribution is 2.29. The first-order valence-corrected chi connectivity index (χ1v) is 24.0. The topological polar surface area (TPSA) is 424 Å². The second kappa shape index (κ2) is 29.2. The van der Waals surface area contributed by atoms with Crippen LogP contribution < -0.4 is 32.5 Å². The van der Waals surface area contributed by atoms with E-state index in [1.807, 2.05) is 30.3 Å². The summed E-state index contributed by atoms with van der Waals surface area (Å²) in [6.07, 6.45) is 6.23. The molecule has 0 amide bonds. The first-order valence-electron chi connectivity index (χ1n) is 23.7. The molecule has 5 aromatic heterocycles. The molecule has 0 saturated heterocycles. The predicted octanol–water partition coefficient (Wildman–Crippen LogP) is 6.40. The molecule has 5 heterocycles. The normalized spacial score (nSPS) is 9.69. The highest BCUT2D eigenvalue weighted by molar-refractivity contribution is 6.30. The molecular weight excluding hydrogens is 1100 g/mol. The molecule has 0 aliphatic carbocycles. The minimum Gasteiger partial charge on any atom is -0.508 e. The molecular formula is C58H38ClN15O10. The van der Waals surface area contributed by atoms with Crippen molar-refractivity contribution in [3.05, 3.63) is 243 Å². The Bertz CT molecular complexity index is 4450. The second-order valence-electron chi connectivity index (χ2n) is 16.2. The number of halogens is 1. The van der Waals surface area contributed by atoms with Gasteiger partial charge in [-0.3, -0.25) is 24.0 Å². The number of H-pyrrole nitrogens is 5. The third-order valence-electron chi connectivity index (χ3n) is 11.1. The van der Waals surface area contributed by atoms with Crippen LogP contribution in [0.15, 0.2) is 177 Å². The minimum atomic E-state index is -0.496. The molecule has 10 rings (SSSR count). The summed E-state index contributed by atoms with van der Waals surface area (Å²) >= 11 is 5.83. The molecule has 0 fully saturated rings. The van der Waals surface area contributed by atoms with Crippen molar-refractivity contribution >= 4 is 17.6 Å². The number of esters is 1. The lowest BCUT2D eigenvalue weighted by atomic mass is 10.1. The van der Waals surface area contributed by atoms with Crippen LogP contribution >= 0.6 is 11.6 Å². The second-order valence-corrected chi connectivity index (χ2v) is 16.6. The number of methoxy groups -OCH3 is 2. The Hall–Kier alpha value is -12.9. The lowest BCUT2D eigenvalue weighted by Crippen LogP contribution is -2.12. The summed E-state index contributed by atoms with van der Waals surface area (Å²) in [5.74, 6) is 0.295. The Morgan fingerprint density at radius 2 is 0.810 bits per heavy atom. The van der Waals surface area contributed by atoms with Gasteiger partial charge in [0.25, 0.3) is 27.8 Å². The summed E-state index contributed by atoms with van der Waals surface area (Å²) in [5.41, 5.74) is 2.35. The fourth-order valence-electron chi connectivity index (χ4n) is 7.23. The molecule has 0 radical (unpaired) electrons. The lowest BCUT2D eigenvalue weighted by Gasteiger charge is -2.07. The van der Waals surface area contributed by atoms with Gasteiger partial charge in [0.2, 0.25) is 0 Å². The fraction of sp³-hybridized carbons (Fsp3) is 0.0345. The maximum Gasteiger partial charge on any atom is 0.337 e. The third-order valence-corrected chi connectivity index (χ3v) is 11.4. The van der Waals surface area contributed by atoms with Crippen LogP contribution in [0.1, 0.15) is 38.2 Å². The third kappa shape index (κ3) is 15.0. The predicted molar refractivity (Wildman–Crippen MR) is 301 cm³/mol. The van der Waals surface area contributed by atoms with Crippen molar-refractivity contribution in [3.8, 4) is 104 Å². The Balaban J connectivity index is 0.000000169. The van der Waals surface area contributed by atoms with E-state index in [0.717, 1.165) is 0 Å². The van der Waals surface area contributed by atoms with Gasteiger partial charge in [0.05, 0.1) is 79.9 Å². The first-order chi connectivity index (χ1) is 40.6. The quantitative estimate of drug-likeness (QED) is 0.0848. The molecule has 25 nitrogen and oxygen atoms in total. The zero-order valence-electron chi connectivity index (χ0n) is 43.4. The van der Waals surface area contributed by atoms with Crippen molar-refractivity contribution in [2.75, 3.05) is 14.2 Å². The van der Waals surface area contributed by atoms with Crippen LogP contribution in [0.3, 0.4) is 0 Å². The van der Waals surface area contributed by atoms with Gasteiger partial charge in [-0.25, -0.2) is 29.7 Å². The number of carbonyl (C=O) groups is 1. The van der Waals surface area contributed by atoms with E-state index >= 15 is 0 Å². The van der Waals surface area contributed by atoms with Gasteiger partial charge in [0, 0.05) is 32.8 Å². The van der Waals surface area contributed by atoms with Crippen molar-refractivity contribution in [2.45, 2.75) is 0 Å². The number of nitriles is 5. The number of phenols is 2. The molecule has 412 valence electrons. The number of nitrogens with zero attached hydrogens (tertiary/aromatic N) is 10. The number of nitrogens with one attached hydrogen (secondary N) is 5. The van der Waals surface area contributed by atoms with E-state index < -0.39 is 33.8 Å². The molecule has 0 aliphatic rings. The molecule has 0 unspecified atom stereocenters. The number of carbonyl (C=O) groups excluding carboxylic acids is 1. The number of ether oxygens (including phenoxy) is 2. The number of aromatic amines is 5. The molecule has 0 spiro atoms. The highest BCUT2D eigenvalue weighted by Gasteiger charge is 2.16. The van der Waals surface area contributed by atoms with E-state index in [9.17, 15) is 33.9 Å². The van der Waals surface area contributed by atoms with Gasteiger partial charge in [0.15, 0.2) is 0 Å². The number of rotatable bonds is 7. The van der Waals surface area contributed by atoms with Crippen molar-refractivity contribution in [3.63, 3.8) is 0 Å². The van der Waals surface area contributed by atoms with Gasteiger partial charge in [-0.2, -0.15) is 26.3 Å². The number of aromatic nitrogens is 10. The van der Waals surface area contributed by atoms with Gasteiger partial charge in [-0.15, -0.1) is 0 Å². The average molecular weight is 1140 g/mol. The Kier molecular flexibility index (Phi) is 21.0. The Morgan fingerprint density at radius 1 is 0.440 bits per heavy atom. The standard InChI is InChI=1S/C13H9N3O3.C12H9N3O2.C11H6ClN3O.2C11H7N3O2/c1-19-13(18)9-4-2-8(3-5-9)11-10(6-14)12(17)16-7-15-11;1-17-10-5-3-2-4-8(10)11-9(6-13)12(16)15-7-14-11;12-8-3-1-2-7(4-8)10-9(5-13)11(16)15-6-14-10;12-5-9-10(13-6-14-11(9)16)7-1-3-8(15)4-2-7;12-5-9-10(13-6-14-11(9)16)7-2-1-3-8(15)4-7/h2-5,7H,1H3,(H,15,16,17);2-5,7H,1H3,(H,14,15,16);1-4,6H,(H,14,15,16);2*1-4,6,15H,(H,13,14,16). The van der Waals surface area contributed by atoms with E-state index in [0.29, 0.717) is 61.2 Å². The van der Waals surface area contributed by atoms with Crippen LogP contribution in [-0.2, 0) is 4.74 Å². The van der Waals surface area contributed by atoms with Gasteiger partial charge in [0.1, 0.15) is 75.4 Å². The molecule has 10 aromatic rings. The summed E-state index contributed by atoms with van der Waals surface area (Å²) in [5, 5.41) is 63.5. The first kappa shape index (κ1) is 60.3. The number of hydrogen-bond acceptors (Lipinski definition) is 20. The van der Waals surface area contributed by atoms with Gasteiger partial charge >= 0.3 is 5.97 Å². The van der Waals surface area contributed by atoms with Crippen molar-refractivity contribution in [2.24, 2.45) is 0 Å². The number of benzene rings is 5. The van der Waals surface area contributed by atoms with Crippen molar-refractivity contribution in [1.82, 2.24) is 49.8 Å². The number of hydrogen-bond donors (Lipinski definition) is 7. The zero-order valence-corrected chi connectivity index (χ0v) is 44.2. The summed E-state index contributed by atoms with van der Waals surface area (Å²) < 4.78 is 9.76. The molecule has 5 aromatic carbocycles. The van der Waals surface area contributed by atoms with Crippen LogP contribution in [0.2, 0.25) is 5.02 Å². The van der Waals surface area contributed by atoms with Crippen LogP contribution in [0.25, 0.3) is 56.3 Å². The number of aromatic hydroxyl groups is 2. The Morgan fingerprint density at radius 3 is 1.20 bits per heavy atom. The van der Waals surface area contributed by atoms with E-state index in [1.165, 1.54) is 70.1 Å². The molecule has 7 N–H and O–H groups in total. The van der Waals surface area contributed by atoms with Gasteiger partial charge in [-0.05, 0) is 72.8 Å². The van der Waals surface area contributed by atoms with Gasteiger partial charge in [-0.1, -0.05) is 60.1 Å². The largest absolute Gasteiger partial charge is 0.508 e. The maximum absolute atomic E-state index is 11.5. The van der Waals surface area contributed by atoms with E-state index in [-0.39, 0.29) is 50.7 Å². The molecule has 0 atom stereocenters. The smallest absolute Gasteiger partial charge is 0.337 e. The monoisotopic (exact) mass is 1140 g/mol. The molecule has 84 heavy (non-hydrogen) atoms. The molecule has 0 aliphatic heterocycles. The van der Waals surface area contributed by atoms with Crippen LogP contribution in [0, 0.1) is 56.7 Å². The van der Waals surface area contributed by atoms with Crippen LogP contribution in [0.5, 0.6) is 17.2 Å². The van der Waals surface area contributed by atoms with E-state index in [4.69, 9.17) is 47.8 Å². The summed E-state index contributed by atoms with van der Waals surface area (Å²) in [7, 11) is 2.82. The average Bonchev–Trinajstić information content (AvgIpc) is 3.67. The summed E-state index contributed by atoms with van der Waals surface area (Å²) in [6, 6.07) is 41.7. The summed E-state index contributed by atoms with van der Waals surface area (Å²) in [4.78, 5) is 99.9. The molecule has 0 bridgehead atoms. The molecule has 0 saturated carbocycles. The zero-order chi connectivity index (χ0) is 60.7. The lowest BCUT2D eigenvalue weighted by molar-refractivity contribution is 0.0600. The minimum absolute atomic E-state index is 0.00948. The fourth-order valence-corrected chi connectivity index (χ4v) is 7.42. The SMILES string of the molecule is COC(=O)c1ccc(-c2nc[nH]c(=O)c2C#N)cc1.COc1ccccc1-c1nc[nH]c(=O)c1C#N.N#Cc1c(-c2ccc(O)cc2)nc[nH]c1=O.N#Cc1c(-c2cccc(Cl)c2)nc[nH]c1=O.N#Cc1c(-c2cccc(O)c2)nc[nH]c1=O. The highest BCUT2D eigenvalue weighted by atomic mass is 35.5. The van der Waals surface area contributed by atoms with E-state index in [1.54, 1.807) is 97.1 Å². The number of para-hydroxylation sites is 1. The van der Waals surface area contributed by atoms with Gasteiger partial charge < -0.3 is 44.6 Å². The Labute approximate surface area is 477 Å². The number of phenolic OH excluding ortho intramolecular Hbond substituents is 2.